The van der Waals surface area contributed by atoms with Gasteiger partial charge in [0, 0.05) is 24.6 Å². The zero-order chi connectivity index (χ0) is 22.9. The van der Waals surface area contributed by atoms with Crippen molar-refractivity contribution in [3.8, 4) is 16.9 Å². The van der Waals surface area contributed by atoms with Crippen LogP contribution in [0.25, 0.3) is 16.9 Å². The fourth-order valence-electron chi connectivity index (χ4n) is 3.37. The summed E-state index contributed by atoms with van der Waals surface area (Å²) >= 11 is 0. The minimum Gasteiger partial charge on any atom is -0.333 e. The zero-order valence-corrected chi connectivity index (χ0v) is 18.6. The first kappa shape index (κ1) is 23.2. The molecule has 0 spiro atoms. The topological polar surface area (TPSA) is 67.2 Å². The van der Waals surface area contributed by atoms with Crippen LogP contribution >= 0.6 is 0 Å². The van der Waals surface area contributed by atoms with E-state index in [0.717, 1.165) is 24.8 Å². The fourth-order valence-corrected chi connectivity index (χ4v) is 3.37. The minimum absolute atomic E-state index is 0.0197. The first-order valence-electron chi connectivity index (χ1n) is 11.0. The Labute approximate surface area is 188 Å². The molecule has 2 amide bonds. The lowest BCUT2D eigenvalue weighted by Gasteiger charge is -2.22. The van der Waals surface area contributed by atoms with E-state index in [9.17, 15) is 14.0 Å². The van der Waals surface area contributed by atoms with Crippen molar-refractivity contribution in [3.63, 3.8) is 0 Å². The summed E-state index contributed by atoms with van der Waals surface area (Å²) in [6.07, 6.45) is 2.94. The van der Waals surface area contributed by atoms with Crippen molar-refractivity contribution in [2.45, 2.75) is 39.5 Å². The van der Waals surface area contributed by atoms with Crippen LogP contribution in [0, 0.1) is 5.82 Å². The third-order valence-electron chi connectivity index (χ3n) is 5.05. The van der Waals surface area contributed by atoms with Gasteiger partial charge in [-0.2, -0.15) is 5.10 Å². The number of unbranched alkanes of at least 4 members (excludes halogenated alkanes) is 1. The maximum absolute atomic E-state index is 13.4. The highest BCUT2D eigenvalue weighted by Gasteiger charge is 2.19. The molecule has 6 nitrogen and oxygen atoms in total. The number of carbonyl (C=O) groups is 2. The van der Waals surface area contributed by atoms with E-state index in [1.165, 1.54) is 12.1 Å². The van der Waals surface area contributed by atoms with Gasteiger partial charge in [0.15, 0.2) is 0 Å². The van der Waals surface area contributed by atoms with Gasteiger partial charge >= 0.3 is 0 Å². The molecule has 0 bridgehead atoms. The molecule has 0 aliphatic heterocycles. The van der Waals surface area contributed by atoms with Gasteiger partial charge in [-0.3, -0.25) is 9.59 Å². The molecular weight excluding hydrogens is 407 g/mol. The SMILES string of the molecule is CCCCN(CC(=O)Nc1cc(-c2ccccc2)nn1-c1ccc(F)cc1)C(=O)CCC. The maximum atomic E-state index is 13.4. The molecule has 0 aliphatic carbocycles. The van der Waals surface area contributed by atoms with Gasteiger partial charge < -0.3 is 10.2 Å². The Kier molecular flexibility index (Phi) is 8.14. The molecule has 168 valence electrons. The van der Waals surface area contributed by atoms with Crippen molar-refractivity contribution in [1.29, 1.82) is 0 Å². The second-order valence-corrected chi connectivity index (χ2v) is 7.64. The average molecular weight is 437 g/mol. The summed E-state index contributed by atoms with van der Waals surface area (Å²) < 4.78 is 15.0. The Morgan fingerprint density at radius 2 is 1.75 bits per heavy atom. The van der Waals surface area contributed by atoms with Crippen molar-refractivity contribution in [2.75, 3.05) is 18.4 Å². The molecule has 0 saturated heterocycles. The Hall–Kier alpha value is -3.48. The van der Waals surface area contributed by atoms with Crippen LogP contribution in [-0.4, -0.2) is 39.6 Å². The molecule has 0 aliphatic rings. The van der Waals surface area contributed by atoms with Crippen LogP contribution in [0.15, 0.2) is 60.7 Å². The van der Waals surface area contributed by atoms with E-state index < -0.39 is 0 Å². The number of amides is 2. The summed E-state index contributed by atoms with van der Waals surface area (Å²) in [6.45, 7) is 4.53. The van der Waals surface area contributed by atoms with Crippen LogP contribution in [0.2, 0.25) is 0 Å². The molecule has 0 radical (unpaired) electrons. The number of benzene rings is 2. The number of anilines is 1. The van der Waals surface area contributed by atoms with Gasteiger partial charge in [0.2, 0.25) is 11.8 Å². The van der Waals surface area contributed by atoms with Crippen LogP contribution in [0.5, 0.6) is 0 Å². The molecule has 32 heavy (non-hydrogen) atoms. The Balaban J connectivity index is 1.86. The number of aromatic nitrogens is 2. The Bertz CT molecular complexity index is 1030. The highest BCUT2D eigenvalue weighted by Crippen LogP contribution is 2.25. The Morgan fingerprint density at radius 3 is 2.41 bits per heavy atom. The Morgan fingerprint density at radius 1 is 1.03 bits per heavy atom. The van der Waals surface area contributed by atoms with Crippen LogP contribution < -0.4 is 5.32 Å². The molecule has 0 atom stereocenters. The van der Waals surface area contributed by atoms with Crippen molar-refractivity contribution in [2.24, 2.45) is 0 Å². The molecule has 3 rings (SSSR count). The van der Waals surface area contributed by atoms with Gasteiger partial charge in [-0.15, -0.1) is 0 Å². The first-order valence-corrected chi connectivity index (χ1v) is 11.0. The molecule has 2 aromatic carbocycles. The van der Waals surface area contributed by atoms with Crippen LogP contribution in [-0.2, 0) is 9.59 Å². The molecular formula is C25H29FN4O2. The van der Waals surface area contributed by atoms with Crippen molar-refractivity contribution in [1.82, 2.24) is 14.7 Å². The van der Waals surface area contributed by atoms with Gasteiger partial charge in [0.05, 0.1) is 17.9 Å². The van der Waals surface area contributed by atoms with Crippen molar-refractivity contribution < 1.29 is 14.0 Å². The van der Waals surface area contributed by atoms with Gasteiger partial charge in [0.25, 0.3) is 0 Å². The number of nitrogens with zero attached hydrogens (tertiary/aromatic N) is 3. The van der Waals surface area contributed by atoms with Gasteiger partial charge in [0.1, 0.15) is 11.6 Å². The normalized spacial score (nSPS) is 10.7. The molecule has 7 heteroatoms. The van der Waals surface area contributed by atoms with Crippen molar-refractivity contribution in [3.05, 3.63) is 66.5 Å². The van der Waals surface area contributed by atoms with Crippen LogP contribution in [0.4, 0.5) is 10.2 Å². The number of hydrogen-bond donors (Lipinski definition) is 1. The lowest BCUT2D eigenvalue weighted by Crippen LogP contribution is -2.38. The monoisotopic (exact) mass is 436 g/mol. The fraction of sp³-hybridized carbons (Fsp3) is 0.320. The van der Waals surface area contributed by atoms with Gasteiger partial charge in [-0.1, -0.05) is 50.6 Å². The molecule has 1 aromatic heterocycles. The smallest absolute Gasteiger partial charge is 0.245 e. The van der Waals surface area contributed by atoms with Gasteiger partial charge in [-0.05, 0) is 37.1 Å². The van der Waals surface area contributed by atoms with E-state index in [2.05, 4.69) is 17.3 Å². The van der Waals surface area contributed by atoms with Gasteiger partial charge in [-0.25, -0.2) is 9.07 Å². The number of carbonyl (C=O) groups excluding carboxylic acids is 2. The number of rotatable bonds is 10. The van der Waals surface area contributed by atoms with E-state index in [1.54, 1.807) is 27.8 Å². The van der Waals surface area contributed by atoms with E-state index in [-0.39, 0.29) is 24.2 Å². The summed E-state index contributed by atoms with van der Waals surface area (Å²) in [4.78, 5) is 26.9. The first-order chi connectivity index (χ1) is 15.5. The predicted octanol–water partition coefficient (Wildman–Crippen LogP) is 5.05. The second kappa shape index (κ2) is 11.2. The largest absolute Gasteiger partial charge is 0.333 e. The third-order valence-corrected chi connectivity index (χ3v) is 5.05. The predicted molar refractivity (Wildman–Crippen MR) is 124 cm³/mol. The minimum atomic E-state index is -0.351. The summed E-state index contributed by atoms with van der Waals surface area (Å²) in [5.74, 6) is -0.212. The molecule has 1 heterocycles. The summed E-state index contributed by atoms with van der Waals surface area (Å²) in [6, 6.07) is 17.3. The quantitative estimate of drug-likeness (QED) is 0.484. The van der Waals surface area contributed by atoms with E-state index in [0.29, 0.717) is 30.2 Å². The summed E-state index contributed by atoms with van der Waals surface area (Å²) in [5.41, 5.74) is 2.19. The number of halogens is 1. The van der Waals surface area contributed by atoms with Crippen molar-refractivity contribution >= 4 is 17.6 Å². The highest BCUT2D eigenvalue weighted by molar-refractivity contribution is 5.94. The maximum Gasteiger partial charge on any atom is 0.245 e. The lowest BCUT2D eigenvalue weighted by atomic mass is 10.1. The van der Waals surface area contributed by atoms with E-state index >= 15 is 0 Å². The summed E-state index contributed by atoms with van der Waals surface area (Å²) in [7, 11) is 0. The molecule has 3 aromatic rings. The highest BCUT2D eigenvalue weighted by atomic mass is 19.1. The van der Waals surface area contributed by atoms with E-state index in [4.69, 9.17) is 0 Å². The van der Waals surface area contributed by atoms with E-state index in [1.807, 2.05) is 37.3 Å². The lowest BCUT2D eigenvalue weighted by molar-refractivity contribution is -0.134. The van der Waals surface area contributed by atoms with Crippen LogP contribution in [0.1, 0.15) is 39.5 Å². The van der Waals surface area contributed by atoms with Crippen LogP contribution in [0.3, 0.4) is 0 Å². The standard InChI is InChI=1S/C25H29FN4O2/c1-3-5-16-29(25(32)9-4-2)18-24(31)27-23-17-22(19-10-7-6-8-11-19)28-30(23)21-14-12-20(26)13-15-21/h6-8,10-15,17H,3-5,9,16,18H2,1-2H3,(H,27,31). The molecule has 1 N–H and O–H groups in total. The summed E-state index contributed by atoms with van der Waals surface area (Å²) in [5, 5.41) is 7.52. The zero-order valence-electron chi connectivity index (χ0n) is 18.6. The molecule has 0 saturated carbocycles. The number of nitrogens with one attached hydrogen (secondary N) is 1. The number of hydrogen-bond acceptors (Lipinski definition) is 3. The third kappa shape index (κ3) is 6.03. The molecule has 0 unspecified atom stereocenters. The molecule has 0 fully saturated rings. The second-order valence-electron chi connectivity index (χ2n) is 7.64. The average Bonchev–Trinajstić information content (AvgIpc) is 3.21.